The van der Waals surface area contributed by atoms with E-state index in [0.29, 0.717) is 5.65 Å². The quantitative estimate of drug-likeness (QED) is 0.802. The predicted molar refractivity (Wildman–Crippen MR) is 78.9 cm³/mol. The highest BCUT2D eigenvalue weighted by molar-refractivity contribution is 5.87. The number of pyridine rings is 1. The van der Waals surface area contributed by atoms with Gasteiger partial charge in [-0.1, -0.05) is 0 Å². The van der Waals surface area contributed by atoms with Crippen LogP contribution in [0, 0.1) is 6.92 Å². The number of aromatic carboxylic acids is 1. The molecule has 0 saturated carbocycles. The van der Waals surface area contributed by atoms with Crippen LogP contribution in [0.15, 0.2) is 42.7 Å². The number of imidazole rings is 1. The minimum Gasteiger partial charge on any atom is -0.496 e. The van der Waals surface area contributed by atoms with E-state index in [-0.39, 0.29) is 5.56 Å². The number of benzene rings is 1. The van der Waals surface area contributed by atoms with E-state index in [1.165, 1.54) is 0 Å². The smallest absolute Gasteiger partial charge is 0.337 e. The Morgan fingerprint density at radius 2 is 2.05 bits per heavy atom. The number of methoxy groups -OCH3 is 1. The largest absolute Gasteiger partial charge is 0.496 e. The SMILES string of the molecule is COc1ccc(-c2cn3cc(C(=O)O)ccc3n2)cc1C. The van der Waals surface area contributed by atoms with Gasteiger partial charge in [-0.05, 0) is 42.8 Å². The number of fused-ring (bicyclic) bond motifs is 1. The highest BCUT2D eigenvalue weighted by Crippen LogP contribution is 2.25. The minimum absolute atomic E-state index is 0.234. The molecule has 0 amide bonds. The lowest BCUT2D eigenvalue weighted by molar-refractivity contribution is 0.0696. The number of hydrogen-bond donors (Lipinski definition) is 1. The molecule has 21 heavy (non-hydrogen) atoms. The number of ether oxygens (including phenoxy) is 1. The summed E-state index contributed by atoms with van der Waals surface area (Å²) in [7, 11) is 1.64. The molecule has 0 atom stereocenters. The van der Waals surface area contributed by atoms with Crippen molar-refractivity contribution >= 4 is 11.6 Å². The highest BCUT2D eigenvalue weighted by atomic mass is 16.5. The summed E-state index contributed by atoms with van der Waals surface area (Å²) in [5, 5.41) is 9.01. The predicted octanol–water partition coefficient (Wildman–Crippen LogP) is 3.02. The molecule has 5 nitrogen and oxygen atoms in total. The second-order valence-electron chi connectivity index (χ2n) is 4.80. The fourth-order valence-electron chi connectivity index (χ4n) is 2.30. The molecule has 5 heteroatoms. The summed E-state index contributed by atoms with van der Waals surface area (Å²) in [5.41, 5.74) is 3.73. The second-order valence-corrected chi connectivity index (χ2v) is 4.80. The number of aryl methyl sites for hydroxylation is 1. The van der Waals surface area contributed by atoms with Crippen LogP contribution in [0.5, 0.6) is 5.75 Å². The lowest BCUT2D eigenvalue weighted by Gasteiger charge is -2.05. The lowest BCUT2D eigenvalue weighted by atomic mass is 10.1. The first-order valence-electron chi connectivity index (χ1n) is 6.45. The van der Waals surface area contributed by atoms with Crippen LogP contribution in [0.1, 0.15) is 15.9 Å². The Balaban J connectivity index is 2.08. The number of rotatable bonds is 3. The first-order valence-corrected chi connectivity index (χ1v) is 6.45. The fourth-order valence-corrected chi connectivity index (χ4v) is 2.30. The minimum atomic E-state index is -0.951. The van der Waals surface area contributed by atoms with Crippen molar-refractivity contribution in [3.05, 3.63) is 53.9 Å². The van der Waals surface area contributed by atoms with Gasteiger partial charge in [-0.2, -0.15) is 0 Å². The van der Waals surface area contributed by atoms with Crippen LogP contribution in [0.3, 0.4) is 0 Å². The van der Waals surface area contributed by atoms with Crippen LogP contribution in [0.25, 0.3) is 16.9 Å². The summed E-state index contributed by atoms with van der Waals surface area (Å²) in [6, 6.07) is 9.08. The Morgan fingerprint density at radius 3 is 2.71 bits per heavy atom. The van der Waals surface area contributed by atoms with E-state index in [9.17, 15) is 4.79 Å². The molecule has 0 bridgehead atoms. The highest BCUT2D eigenvalue weighted by Gasteiger charge is 2.09. The zero-order chi connectivity index (χ0) is 15.0. The molecule has 0 aliphatic carbocycles. The van der Waals surface area contributed by atoms with Gasteiger partial charge in [-0.25, -0.2) is 9.78 Å². The summed E-state index contributed by atoms with van der Waals surface area (Å²) in [6.07, 6.45) is 3.38. The van der Waals surface area contributed by atoms with Crippen molar-refractivity contribution in [1.29, 1.82) is 0 Å². The average molecular weight is 282 g/mol. The number of aromatic nitrogens is 2. The number of carboxylic acid groups (broad SMARTS) is 1. The molecule has 106 valence electrons. The normalized spacial score (nSPS) is 10.8. The third-order valence-corrected chi connectivity index (χ3v) is 3.39. The summed E-state index contributed by atoms with van der Waals surface area (Å²) < 4.78 is 6.97. The van der Waals surface area contributed by atoms with Crippen molar-refractivity contribution in [2.75, 3.05) is 7.11 Å². The third kappa shape index (κ3) is 2.33. The lowest BCUT2D eigenvalue weighted by Crippen LogP contribution is -1.97. The Morgan fingerprint density at radius 1 is 1.24 bits per heavy atom. The van der Waals surface area contributed by atoms with Gasteiger partial charge in [0, 0.05) is 18.0 Å². The number of hydrogen-bond acceptors (Lipinski definition) is 3. The summed E-state index contributed by atoms with van der Waals surface area (Å²) in [6.45, 7) is 1.97. The molecule has 0 fully saturated rings. The standard InChI is InChI=1S/C16H14N2O3/c1-10-7-11(3-5-14(10)21-2)13-9-18-8-12(16(19)20)4-6-15(18)17-13/h3-9H,1-2H3,(H,19,20). The van der Waals surface area contributed by atoms with Crippen molar-refractivity contribution in [3.8, 4) is 17.0 Å². The van der Waals surface area contributed by atoms with Crippen molar-refractivity contribution in [2.24, 2.45) is 0 Å². The van der Waals surface area contributed by atoms with Gasteiger partial charge in [-0.15, -0.1) is 0 Å². The Hall–Kier alpha value is -2.82. The maximum Gasteiger partial charge on any atom is 0.337 e. The van der Waals surface area contributed by atoms with Crippen molar-refractivity contribution in [2.45, 2.75) is 6.92 Å². The Kier molecular flexibility index (Phi) is 3.10. The first-order chi connectivity index (χ1) is 10.1. The van der Waals surface area contributed by atoms with Crippen LogP contribution < -0.4 is 4.74 Å². The van der Waals surface area contributed by atoms with Gasteiger partial charge in [0.2, 0.25) is 0 Å². The van der Waals surface area contributed by atoms with Gasteiger partial charge < -0.3 is 14.2 Å². The van der Waals surface area contributed by atoms with Gasteiger partial charge >= 0.3 is 5.97 Å². The van der Waals surface area contributed by atoms with E-state index in [2.05, 4.69) is 4.98 Å². The number of carboxylic acids is 1. The average Bonchev–Trinajstić information content (AvgIpc) is 2.89. The maximum atomic E-state index is 11.0. The topological polar surface area (TPSA) is 63.8 Å². The van der Waals surface area contributed by atoms with Crippen LogP contribution in [-0.4, -0.2) is 27.6 Å². The van der Waals surface area contributed by atoms with Crippen molar-refractivity contribution in [1.82, 2.24) is 9.38 Å². The van der Waals surface area contributed by atoms with Crippen LogP contribution in [-0.2, 0) is 0 Å². The van der Waals surface area contributed by atoms with Crippen LogP contribution >= 0.6 is 0 Å². The summed E-state index contributed by atoms with van der Waals surface area (Å²) >= 11 is 0. The molecule has 2 aromatic heterocycles. The molecule has 0 unspecified atom stereocenters. The van der Waals surface area contributed by atoms with Gasteiger partial charge in [0.05, 0.1) is 18.4 Å². The second kappa shape index (κ2) is 4.94. The first kappa shape index (κ1) is 13.2. The molecule has 3 aromatic rings. The van der Waals surface area contributed by atoms with Crippen molar-refractivity contribution < 1.29 is 14.6 Å². The molecule has 1 aromatic carbocycles. The number of nitrogens with zero attached hydrogens (tertiary/aromatic N) is 2. The van der Waals surface area contributed by atoms with Crippen molar-refractivity contribution in [3.63, 3.8) is 0 Å². The fraction of sp³-hybridized carbons (Fsp3) is 0.125. The molecule has 2 heterocycles. The zero-order valence-electron chi connectivity index (χ0n) is 11.7. The van der Waals surface area contributed by atoms with E-state index in [0.717, 1.165) is 22.6 Å². The van der Waals surface area contributed by atoms with E-state index < -0.39 is 5.97 Å². The Bertz CT molecular complexity index is 837. The molecule has 0 aliphatic heterocycles. The number of carbonyl (C=O) groups is 1. The molecule has 0 aliphatic rings. The summed E-state index contributed by atoms with van der Waals surface area (Å²) in [4.78, 5) is 15.5. The van der Waals surface area contributed by atoms with Gasteiger partial charge in [0.15, 0.2) is 0 Å². The monoisotopic (exact) mass is 282 g/mol. The van der Waals surface area contributed by atoms with Gasteiger partial charge in [0.1, 0.15) is 11.4 Å². The third-order valence-electron chi connectivity index (χ3n) is 3.39. The van der Waals surface area contributed by atoms with E-state index in [1.807, 2.05) is 31.3 Å². The molecular formula is C16H14N2O3. The van der Waals surface area contributed by atoms with Crippen LogP contribution in [0.2, 0.25) is 0 Å². The van der Waals surface area contributed by atoms with Gasteiger partial charge in [0.25, 0.3) is 0 Å². The maximum absolute atomic E-state index is 11.0. The van der Waals surface area contributed by atoms with E-state index >= 15 is 0 Å². The Labute approximate surface area is 121 Å². The molecule has 0 spiro atoms. The van der Waals surface area contributed by atoms with E-state index in [1.54, 1.807) is 29.8 Å². The molecule has 1 N–H and O–H groups in total. The molecular weight excluding hydrogens is 268 g/mol. The zero-order valence-corrected chi connectivity index (χ0v) is 11.7. The van der Waals surface area contributed by atoms with Gasteiger partial charge in [-0.3, -0.25) is 0 Å². The van der Waals surface area contributed by atoms with E-state index in [4.69, 9.17) is 9.84 Å². The molecule has 3 rings (SSSR count). The summed E-state index contributed by atoms with van der Waals surface area (Å²) in [5.74, 6) is -0.122. The molecule has 0 saturated heterocycles. The van der Waals surface area contributed by atoms with Crippen LogP contribution in [0.4, 0.5) is 0 Å². The molecule has 0 radical (unpaired) electrons.